The molecule has 0 amide bonds. The lowest BCUT2D eigenvalue weighted by Gasteiger charge is -2.15. The number of nitrogens with one attached hydrogen (secondary N) is 2. The van der Waals surface area contributed by atoms with Crippen LogP contribution >= 0.6 is 15.9 Å². The summed E-state index contributed by atoms with van der Waals surface area (Å²) in [6.07, 6.45) is 1.57. The highest BCUT2D eigenvalue weighted by molar-refractivity contribution is 9.10. The van der Waals surface area contributed by atoms with Crippen LogP contribution in [0.1, 0.15) is 39.2 Å². The molecule has 120 valence electrons. The molecule has 0 saturated heterocycles. The van der Waals surface area contributed by atoms with Crippen LogP contribution in [0, 0.1) is 5.82 Å². The van der Waals surface area contributed by atoms with Gasteiger partial charge >= 0.3 is 0 Å². The molecule has 2 N–H and O–H groups in total. The quantitative estimate of drug-likeness (QED) is 0.680. The van der Waals surface area contributed by atoms with Gasteiger partial charge in [-0.25, -0.2) is 17.5 Å². The molecule has 4 nitrogen and oxygen atoms in total. The third kappa shape index (κ3) is 5.32. The summed E-state index contributed by atoms with van der Waals surface area (Å²) in [4.78, 5) is -0.314. The zero-order valence-electron chi connectivity index (χ0n) is 12.5. The summed E-state index contributed by atoms with van der Waals surface area (Å²) in [6, 6.07) is 2.65. The molecule has 0 bridgehead atoms. The van der Waals surface area contributed by atoms with Crippen molar-refractivity contribution in [1.29, 1.82) is 0 Å². The fourth-order valence-corrected chi connectivity index (χ4v) is 3.88. The van der Waals surface area contributed by atoms with E-state index in [-0.39, 0.29) is 10.9 Å². The number of halogens is 2. The van der Waals surface area contributed by atoms with E-state index in [1.54, 1.807) is 13.0 Å². The Kier molecular flexibility index (Phi) is 7.26. The Balaban J connectivity index is 3.12. The first kappa shape index (κ1) is 18.5. The smallest absolute Gasteiger partial charge is 0.243 e. The van der Waals surface area contributed by atoms with Gasteiger partial charge in [-0.1, -0.05) is 29.8 Å². The first-order valence-electron chi connectivity index (χ1n) is 7.02. The molecule has 0 fully saturated rings. The molecule has 21 heavy (non-hydrogen) atoms. The second kappa shape index (κ2) is 8.22. The number of hydrogen-bond acceptors (Lipinski definition) is 3. The van der Waals surface area contributed by atoms with Gasteiger partial charge < -0.3 is 5.32 Å². The molecule has 1 atom stereocenters. The van der Waals surface area contributed by atoms with Crippen molar-refractivity contribution in [3.8, 4) is 0 Å². The van der Waals surface area contributed by atoms with Crippen LogP contribution < -0.4 is 10.0 Å². The van der Waals surface area contributed by atoms with Crippen LogP contribution in [0.2, 0.25) is 0 Å². The fraction of sp³-hybridized carbons (Fsp3) is 0.571. The number of hydrogen-bond donors (Lipinski definition) is 2. The summed E-state index contributed by atoms with van der Waals surface area (Å²) < 4.78 is 42.0. The molecule has 0 aromatic heterocycles. The molecule has 0 spiro atoms. The summed E-state index contributed by atoms with van der Waals surface area (Å²) in [5, 5.41) is 3.07. The summed E-state index contributed by atoms with van der Waals surface area (Å²) >= 11 is 3.25. The van der Waals surface area contributed by atoms with Crippen molar-refractivity contribution in [2.45, 2.75) is 51.1 Å². The van der Waals surface area contributed by atoms with Crippen molar-refractivity contribution in [2.24, 2.45) is 0 Å². The van der Waals surface area contributed by atoms with Gasteiger partial charge in [0.25, 0.3) is 0 Å². The summed E-state index contributed by atoms with van der Waals surface area (Å²) in [6.45, 7) is 6.67. The van der Waals surface area contributed by atoms with Crippen LogP contribution in [0.15, 0.2) is 21.5 Å². The molecular formula is C14H22BrFN2O2S. The molecule has 1 unspecified atom stereocenters. The molecule has 0 saturated carbocycles. The fourth-order valence-electron chi connectivity index (χ4n) is 1.75. The minimum absolute atomic E-state index is 0.241. The Bertz CT molecular complexity index is 579. The van der Waals surface area contributed by atoms with Crippen molar-refractivity contribution in [2.75, 3.05) is 6.54 Å². The van der Waals surface area contributed by atoms with E-state index < -0.39 is 15.8 Å². The predicted molar refractivity (Wildman–Crippen MR) is 86.2 cm³/mol. The number of benzene rings is 1. The van der Waals surface area contributed by atoms with Crippen molar-refractivity contribution >= 4 is 26.0 Å². The Hall–Kier alpha value is -0.500. The zero-order chi connectivity index (χ0) is 16.0. The lowest BCUT2D eigenvalue weighted by molar-refractivity contribution is 0.529. The first-order valence-corrected chi connectivity index (χ1v) is 9.30. The van der Waals surface area contributed by atoms with Gasteiger partial charge in [-0.2, -0.15) is 0 Å². The summed E-state index contributed by atoms with van der Waals surface area (Å²) in [5.74, 6) is -0.697. The minimum Gasteiger partial charge on any atom is -0.313 e. The van der Waals surface area contributed by atoms with Crippen molar-refractivity contribution in [3.63, 3.8) is 0 Å². The number of sulfonamides is 1. The highest BCUT2D eigenvalue weighted by atomic mass is 79.9. The topological polar surface area (TPSA) is 58.2 Å². The van der Waals surface area contributed by atoms with Gasteiger partial charge in [0.1, 0.15) is 10.7 Å². The van der Waals surface area contributed by atoms with Gasteiger partial charge in [0.2, 0.25) is 10.0 Å². The normalized spacial score (nSPS) is 13.4. The molecule has 0 aliphatic carbocycles. The van der Waals surface area contributed by atoms with E-state index in [0.29, 0.717) is 23.0 Å². The van der Waals surface area contributed by atoms with E-state index in [1.807, 2.05) is 13.8 Å². The first-order chi connectivity index (χ1) is 9.81. The van der Waals surface area contributed by atoms with Crippen molar-refractivity contribution < 1.29 is 12.8 Å². The van der Waals surface area contributed by atoms with Crippen LogP contribution in [0.25, 0.3) is 0 Å². The van der Waals surface area contributed by atoms with E-state index in [1.165, 1.54) is 6.07 Å². The highest BCUT2D eigenvalue weighted by Gasteiger charge is 2.23. The van der Waals surface area contributed by atoms with Crippen LogP contribution in [-0.2, 0) is 16.6 Å². The largest absolute Gasteiger partial charge is 0.313 e. The monoisotopic (exact) mass is 380 g/mol. The average molecular weight is 381 g/mol. The van der Waals surface area contributed by atoms with Gasteiger partial charge in [-0.15, -0.1) is 0 Å². The average Bonchev–Trinajstić information content (AvgIpc) is 2.41. The third-order valence-corrected chi connectivity index (χ3v) is 5.13. The molecule has 1 rings (SSSR count). The Morgan fingerprint density at radius 2 is 2.00 bits per heavy atom. The second-order valence-corrected chi connectivity index (χ2v) is 7.58. The van der Waals surface area contributed by atoms with Gasteiger partial charge in [-0.05, 0) is 38.4 Å². The van der Waals surface area contributed by atoms with Crippen molar-refractivity contribution in [1.82, 2.24) is 10.0 Å². The number of rotatable bonds is 8. The standard InChI is InChI=1S/C14H22BrFN2O2S/c1-4-6-17-9-11-7-12(15)8-13(14(11)16)21(19,20)18-10(3)5-2/h7-8,10,17-18H,4-6,9H2,1-3H3. The van der Waals surface area contributed by atoms with Crippen LogP contribution in [0.5, 0.6) is 0 Å². The molecule has 1 aromatic rings. The van der Waals surface area contributed by atoms with E-state index >= 15 is 0 Å². The predicted octanol–water partition coefficient (Wildman–Crippen LogP) is 3.16. The molecule has 1 aromatic carbocycles. The van der Waals surface area contributed by atoms with Gasteiger partial charge in [0, 0.05) is 22.6 Å². The van der Waals surface area contributed by atoms with Crippen LogP contribution in [-0.4, -0.2) is 21.0 Å². The molecule has 0 radical (unpaired) electrons. The van der Waals surface area contributed by atoms with E-state index in [2.05, 4.69) is 26.0 Å². The lowest BCUT2D eigenvalue weighted by atomic mass is 10.2. The van der Waals surface area contributed by atoms with Gasteiger partial charge in [0.15, 0.2) is 0 Å². The Labute approximate surface area is 134 Å². The van der Waals surface area contributed by atoms with E-state index in [9.17, 15) is 12.8 Å². The summed E-state index contributed by atoms with van der Waals surface area (Å²) in [7, 11) is -3.86. The van der Waals surface area contributed by atoms with Crippen LogP contribution in [0.4, 0.5) is 4.39 Å². The van der Waals surface area contributed by atoms with Gasteiger partial charge in [0.05, 0.1) is 0 Å². The van der Waals surface area contributed by atoms with E-state index in [4.69, 9.17) is 0 Å². The Morgan fingerprint density at radius 3 is 2.57 bits per heavy atom. The maximum atomic E-state index is 14.4. The summed E-state index contributed by atoms with van der Waals surface area (Å²) in [5.41, 5.74) is 0.336. The Morgan fingerprint density at radius 1 is 1.33 bits per heavy atom. The minimum atomic E-state index is -3.86. The molecular weight excluding hydrogens is 359 g/mol. The molecule has 7 heteroatoms. The maximum absolute atomic E-state index is 14.4. The van der Waals surface area contributed by atoms with Crippen molar-refractivity contribution in [3.05, 3.63) is 28.0 Å². The molecule has 0 aliphatic rings. The van der Waals surface area contributed by atoms with Crippen LogP contribution in [0.3, 0.4) is 0 Å². The second-order valence-electron chi connectivity index (χ2n) is 4.98. The highest BCUT2D eigenvalue weighted by Crippen LogP contribution is 2.24. The lowest BCUT2D eigenvalue weighted by Crippen LogP contribution is -2.33. The molecule has 0 aliphatic heterocycles. The molecule has 0 heterocycles. The third-order valence-electron chi connectivity index (χ3n) is 3.08. The maximum Gasteiger partial charge on any atom is 0.243 e. The van der Waals surface area contributed by atoms with E-state index in [0.717, 1.165) is 13.0 Å². The SMILES string of the molecule is CCCNCc1cc(Br)cc(S(=O)(=O)NC(C)CC)c1F. The zero-order valence-corrected chi connectivity index (χ0v) is 14.9. The van der Waals surface area contributed by atoms with Gasteiger partial charge in [-0.3, -0.25) is 0 Å².